The van der Waals surface area contributed by atoms with Crippen LogP contribution < -0.4 is 5.56 Å². The highest BCUT2D eigenvalue weighted by molar-refractivity contribution is 7.71. The number of aromatic nitrogens is 3. The van der Waals surface area contributed by atoms with Gasteiger partial charge >= 0.3 is 0 Å². The Labute approximate surface area is 201 Å². The van der Waals surface area contributed by atoms with Crippen molar-refractivity contribution < 1.29 is 14.9 Å². The van der Waals surface area contributed by atoms with Crippen LogP contribution >= 0.6 is 12.2 Å². The lowest BCUT2D eigenvalue weighted by atomic mass is 10.00. The molecule has 4 aromatic rings. The molecule has 2 aromatic carbocycles. The number of aromatic hydroxyl groups is 2. The Morgan fingerprint density at radius 1 is 0.941 bits per heavy atom. The highest BCUT2D eigenvalue weighted by Gasteiger charge is 2.36. The second kappa shape index (κ2) is 8.23. The fourth-order valence-electron chi connectivity index (χ4n) is 4.45. The third-order valence-corrected chi connectivity index (χ3v) is 6.63. The molecule has 0 radical (unpaired) electrons. The van der Waals surface area contributed by atoms with Crippen LogP contribution in [0.5, 0.6) is 11.6 Å². The first-order valence-corrected chi connectivity index (χ1v) is 11.2. The lowest BCUT2D eigenvalue weighted by Gasteiger charge is -2.22. The van der Waals surface area contributed by atoms with Gasteiger partial charge in [0, 0.05) is 17.3 Å². The molecule has 0 unspecified atom stereocenters. The predicted molar refractivity (Wildman–Crippen MR) is 131 cm³/mol. The van der Waals surface area contributed by atoms with Crippen LogP contribution in [-0.4, -0.2) is 24.3 Å². The highest BCUT2D eigenvalue weighted by atomic mass is 32.1. The minimum absolute atomic E-state index is 0.000226. The third-order valence-electron chi connectivity index (χ3n) is 6.27. The molecular formula is C26H23N3O4S. The summed E-state index contributed by atoms with van der Waals surface area (Å²) in [4.78, 5) is 18.2. The van der Waals surface area contributed by atoms with E-state index in [0.717, 1.165) is 11.1 Å². The van der Waals surface area contributed by atoms with Gasteiger partial charge in [-0.15, -0.1) is 0 Å². The van der Waals surface area contributed by atoms with Gasteiger partial charge in [0.25, 0.3) is 5.56 Å². The average Bonchev–Trinajstić information content (AvgIpc) is 3.23. The second-order valence-corrected chi connectivity index (χ2v) is 8.76. The number of aryl methyl sites for hydroxylation is 3. The Kier molecular flexibility index (Phi) is 5.34. The van der Waals surface area contributed by atoms with Gasteiger partial charge in [-0.3, -0.25) is 18.9 Å². The van der Waals surface area contributed by atoms with E-state index < -0.39 is 11.7 Å². The maximum absolute atomic E-state index is 14.0. The number of hydrogen-bond acceptors (Lipinski definition) is 6. The first-order chi connectivity index (χ1) is 16.3. The van der Waals surface area contributed by atoms with E-state index in [0.29, 0.717) is 28.2 Å². The molecule has 5 rings (SSSR count). The standard InChI is InChI=1S/C26H23N3O4S/c1-14-8-4-6-10-18(14)28-24(31)21(23-20-17(13-33-23)12-27-16(3)22(20)30)25(32)29(26(28)34)19-11-7-5-9-15(19)2/h4-12,23,30-31H,13H2,1-3H3/t23-/m0/s1. The minimum Gasteiger partial charge on any atom is -0.506 e. The first-order valence-electron chi connectivity index (χ1n) is 10.8. The molecule has 0 spiro atoms. The van der Waals surface area contributed by atoms with E-state index in [2.05, 4.69) is 4.98 Å². The van der Waals surface area contributed by atoms with Gasteiger partial charge in [-0.25, -0.2) is 0 Å². The Bertz CT molecular complexity index is 1570. The minimum atomic E-state index is -0.981. The number of fused-ring (bicyclic) bond motifs is 1. The number of rotatable bonds is 3. The molecular weight excluding hydrogens is 450 g/mol. The number of nitrogens with zero attached hydrogens (tertiary/aromatic N) is 3. The summed E-state index contributed by atoms with van der Waals surface area (Å²) in [5.74, 6) is -0.369. The molecule has 2 aromatic heterocycles. The van der Waals surface area contributed by atoms with E-state index in [-0.39, 0.29) is 28.6 Å². The normalized spacial score (nSPS) is 14.9. The van der Waals surface area contributed by atoms with Crippen LogP contribution in [0, 0.1) is 25.5 Å². The molecule has 2 N–H and O–H groups in total. The van der Waals surface area contributed by atoms with Gasteiger partial charge in [0.05, 0.1) is 23.7 Å². The van der Waals surface area contributed by atoms with E-state index in [1.54, 1.807) is 13.1 Å². The van der Waals surface area contributed by atoms with E-state index in [1.165, 1.54) is 9.13 Å². The number of benzene rings is 2. The molecule has 0 saturated heterocycles. The van der Waals surface area contributed by atoms with Crippen molar-refractivity contribution in [2.24, 2.45) is 0 Å². The number of pyridine rings is 1. The van der Waals surface area contributed by atoms with Gasteiger partial charge in [-0.05, 0) is 56.2 Å². The van der Waals surface area contributed by atoms with Gasteiger partial charge in [0.2, 0.25) is 5.88 Å². The van der Waals surface area contributed by atoms with Crippen molar-refractivity contribution in [1.82, 2.24) is 14.1 Å². The van der Waals surface area contributed by atoms with Crippen LogP contribution in [0.3, 0.4) is 0 Å². The Balaban J connectivity index is 1.91. The fourth-order valence-corrected chi connectivity index (χ4v) is 4.81. The second-order valence-electron chi connectivity index (χ2n) is 8.39. The molecule has 3 heterocycles. The predicted octanol–water partition coefficient (Wildman–Crippen LogP) is 4.71. The van der Waals surface area contributed by atoms with Crippen LogP contribution in [-0.2, 0) is 11.3 Å². The van der Waals surface area contributed by atoms with Crippen LogP contribution in [0.4, 0.5) is 0 Å². The van der Waals surface area contributed by atoms with Crippen LogP contribution in [0.15, 0.2) is 59.5 Å². The SMILES string of the molecule is Cc1ccccc1-n1c(O)c([C@H]2OCc3cnc(C)c(O)c32)c(=O)n(-c2ccccc2C)c1=S. The molecule has 0 saturated carbocycles. The molecule has 172 valence electrons. The van der Waals surface area contributed by atoms with Gasteiger partial charge < -0.3 is 14.9 Å². The maximum atomic E-state index is 14.0. The Morgan fingerprint density at radius 2 is 1.53 bits per heavy atom. The van der Waals surface area contributed by atoms with Crippen LogP contribution in [0.1, 0.15) is 39.6 Å². The van der Waals surface area contributed by atoms with Crippen LogP contribution in [0.25, 0.3) is 11.4 Å². The zero-order chi connectivity index (χ0) is 24.1. The third kappa shape index (κ3) is 3.26. The molecule has 0 aliphatic carbocycles. The average molecular weight is 474 g/mol. The molecule has 1 aliphatic heterocycles. The Hall–Kier alpha value is -3.75. The van der Waals surface area contributed by atoms with Crippen molar-refractivity contribution in [3.63, 3.8) is 0 Å². The summed E-state index contributed by atoms with van der Waals surface area (Å²) in [6.45, 7) is 5.63. The van der Waals surface area contributed by atoms with E-state index in [1.807, 2.05) is 62.4 Å². The monoisotopic (exact) mass is 473 g/mol. The van der Waals surface area contributed by atoms with Crippen LogP contribution in [0.2, 0.25) is 0 Å². The summed E-state index contributed by atoms with van der Waals surface area (Å²) < 4.78 is 9.00. The summed E-state index contributed by atoms with van der Waals surface area (Å²) >= 11 is 5.77. The van der Waals surface area contributed by atoms with E-state index in [9.17, 15) is 15.0 Å². The zero-order valence-electron chi connectivity index (χ0n) is 18.9. The highest BCUT2D eigenvalue weighted by Crippen LogP contribution is 2.43. The van der Waals surface area contributed by atoms with Crippen molar-refractivity contribution in [2.75, 3.05) is 0 Å². The van der Waals surface area contributed by atoms with E-state index >= 15 is 0 Å². The lowest BCUT2D eigenvalue weighted by molar-refractivity contribution is 0.0890. The molecule has 1 atom stereocenters. The van der Waals surface area contributed by atoms with Gasteiger partial charge in [0.15, 0.2) is 4.77 Å². The molecule has 8 heteroatoms. The quantitative estimate of drug-likeness (QED) is 0.419. The van der Waals surface area contributed by atoms with E-state index in [4.69, 9.17) is 17.0 Å². The number of ether oxygens (including phenoxy) is 1. The van der Waals surface area contributed by atoms with Gasteiger partial charge in [-0.1, -0.05) is 36.4 Å². The topological polar surface area (TPSA) is 89.5 Å². The molecule has 0 amide bonds. The lowest BCUT2D eigenvalue weighted by Crippen LogP contribution is -2.29. The Morgan fingerprint density at radius 3 is 2.15 bits per heavy atom. The molecule has 34 heavy (non-hydrogen) atoms. The van der Waals surface area contributed by atoms with Crippen molar-refractivity contribution in [3.8, 4) is 23.0 Å². The fraction of sp³-hybridized carbons (Fsp3) is 0.192. The molecule has 1 aliphatic rings. The summed E-state index contributed by atoms with van der Waals surface area (Å²) in [7, 11) is 0. The zero-order valence-corrected chi connectivity index (χ0v) is 19.8. The largest absolute Gasteiger partial charge is 0.506 e. The molecule has 0 fully saturated rings. The van der Waals surface area contributed by atoms with Crippen molar-refractivity contribution in [3.05, 3.63) is 103 Å². The van der Waals surface area contributed by atoms with Gasteiger partial charge in [-0.2, -0.15) is 0 Å². The smallest absolute Gasteiger partial charge is 0.269 e. The summed E-state index contributed by atoms with van der Waals surface area (Å²) in [6.07, 6.45) is 0.642. The van der Waals surface area contributed by atoms with Crippen molar-refractivity contribution in [2.45, 2.75) is 33.5 Å². The molecule has 0 bridgehead atoms. The van der Waals surface area contributed by atoms with Gasteiger partial charge in [0.1, 0.15) is 17.4 Å². The van der Waals surface area contributed by atoms with Crippen molar-refractivity contribution >= 4 is 12.2 Å². The maximum Gasteiger partial charge on any atom is 0.269 e. The summed E-state index contributed by atoms with van der Waals surface area (Å²) in [5, 5.41) is 22.3. The first kappa shape index (κ1) is 22.1. The number of hydrogen-bond donors (Lipinski definition) is 2. The number of para-hydroxylation sites is 2. The molecule has 7 nitrogen and oxygen atoms in total. The summed E-state index contributed by atoms with van der Waals surface area (Å²) in [5.41, 5.74) is 3.97. The van der Waals surface area contributed by atoms with Crippen molar-refractivity contribution in [1.29, 1.82) is 0 Å². The summed E-state index contributed by atoms with van der Waals surface area (Å²) in [6, 6.07) is 14.9.